The van der Waals surface area contributed by atoms with E-state index in [9.17, 15) is 13.2 Å². The number of hydrogen-bond acceptors (Lipinski definition) is 7. The zero-order chi connectivity index (χ0) is 23.4. The third kappa shape index (κ3) is 5.15. The van der Waals surface area contributed by atoms with Crippen molar-refractivity contribution in [2.24, 2.45) is 5.92 Å². The smallest absolute Gasteiger partial charge is 0.213 e. The Morgan fingerprint density at radius 1 is 1.15 bits per heavy atom. The Morgan fingerprint density at radius 2 is 1.94 bits per heavy atom. The second-order valence-electron chi connectivity index (χ2n) is 8.00. The number of carbonyl (C=O) groups excluding carboxylic acids is 1. The lowest BCUT2D eigenvalue weighted by Gasteiger charge is -2.33. The summed E-state index contributed by atoms with van der Waals surface area (Å²) in [5.74, 6) is 0.130. The van der Waals surface area contributed by atoms with E-state index in [4.69, 9.17) is 14.2 Å². The number of methoxy groups -OCH3 is 2. The summed E-state index contributed by atoms with van der Waals surface area (Å²) in [6.07, 6.45) is 4.19. The van der Waals surface area contributed by atoms with Gasteiger partial charge in [0.25, 0.3) is 0 Å². The van der Waals surface area contributed by atoms with E-state index >= 15 is 0 Å². The summed E-state index contributed by atoms with van der Waals surface area (Å²) < 4.78 is 45.0. The van der Waals surface area contributed by atoms with Gasteiger partial charge in [-0.1, -0.05) is 36.4 Å². The summed E-state index contributed by atoms with van der Waals surface area (Å²) in [6.45, 7) is 1.14. The van der Waals surface area contributed by atoms with Crippen molar-refractivity contribution in [1.29, 1.82) is 0 Å². The number of benzene rings is 2. The lowest BCUT2D eigenvalue weighted by molar-refractivity contribution is 0.0658. The summed E-state index contributed by atoms with van der Waals surface area (Å²) in [5, 5.41) is 0. The molecule has 2 aliphatic rings. The number of sulfonamides is 1. The molecule has 2 atom stereocenters. The number of rotatable bonds is 9. The van der Waals surface area contributed by atoms with Gasteiger partial charge in [-0.2, -0.15) is 0 Å². The van der Waals surface area contributed by atoms with Crippen molar-refractivity contribution in [3.8, 4) is 17.2 Å². The standard InChI is InChI=1S/C24H28N2O6S/c1-30-18-14-20(31-2)22-21(15-18)32-24(17-8-4-3-5-9-17)19(23(22)27)16-25-33(28,29)13-12-26-10-6-7-11-26/h3-6,8-10,14-15,19,24-25H,7,11-13,16H2,1-2H3. The molecule has 0 spiro atoms. The fourth-order valence-electron chi connectivity index (χ4n) is 4.12. The van der Waals surface area contributed by atoms with Gasteiger partial charge in [0.2, 0.25) is 10.0 Å². The van der Waals surface area contributed by atoms with Crippen LogP contribution in [0.5, 0.6) is 17.2 Å². The third-order valence-electron chi connectivity index (χ3n) is 5.90. The van der Waals surface area contributed by atoms with Crippen molar-refractivity contribution in [2.45, 2.75) is 12.5 Å². The van der Waals surface area contributed by atoms with Crippen molar-refractivity contribution in [1.82, 2.24) is 9.62 Å². The maximum atomic E-state index is 13.6. The quantitative estimate of drug-likeness (QED) is 0.600. The predicted octanol–water partition coefficient (Wildman–Crippen LogP) is 2.78. The van der Waals surface area contributed by atoms with Gasteiger partial charge in [0.1, 0.15) is 28.9 Å². The van der Waals surface area contributed by atoms with Crippen molar-refractivity contribution in [2.75, 3.05) is 39.6 Å². The molecule has 0 amide bonds. The lowest BCUT2D eigenvalue weighted by atomic mass is 9.85. The Balaban J connectivity index is 1.60. The molecule has 0 aliphatic carbocycles. The molecule has 2 aromatic carbocycles. The molecule has 2 aliphatic heterocycles. The molecular weight excluding hydrogens is 444 g/mol. The third-order valence-corrected chi connectivity index (χ3v) is 7.22. The van der Waals surface area contributed by atoms with E-state index in [0.717, 1.165) is 18.5 Å². The van der Waals surface area contributed by atoms with E-state index in [0.29, 0.717) is 23.8 Å². The molecule has 2 unspecified atom stereocenters. The average molecular weight is 473 g/mol. The molecule has 33 heavy (non-hydrogen) atoms. The van der Waals surface area contributed by atoms with Gasteiger partial charge in [-0.25, -0.2) is 13.1 Å². The Kier molecular flexibility index (Phi) is 6.90. The highest BCUT2D eigenvalue weighted by molar-refractivity contribution is 7.89. The molecule has 0 saturated heterocycles. The van der Waals surface area contributed by atoms with Crippen molar-refractivity contribution in [3.63, 3.8) is 0 Å². The van der Waals surface area contributed by atoms with E-state index in [1.807, 2.05) is 47.5 Å². The molecule has 0 fully saturated rings. The van der Waals surface area contributed by atoms with Crippen LogP contribution in [0.1, 0.15) is 28.4 Å². The molecule has 0 radical (unpaired) electrons. The normalized spacial score (nSPS) is 19.8. The first-order valence-electron chi connectivity index (χ1n) is 10.8. The van der Waals surface area contributed by atoms with Gasteiger partial charge in [0.15, 0.2) is 5.78 Å². The second-order valence-corrected chi connectivity index (χ2v) is 9.93. The summed E-state index contributed by atoms with van der Waals surface area (Å²) >= 11 is 0. The molecule has 8 nitrogen and oxygen atoms in total. The number of nitrogens with one attached hydrogen (secondary N) is 1. The van der Waals surface area contributed by atoms with E-state index in [1.165, 1.54) is 14.2 Å². The average Bonchev–Trinajstić information content (AvgIpc) is 3.35. The fraction of sp³-hybridized carbons (Fsp3) is 0.375. The van der Waals surface area contributed by atoms with Crippen LogP contribution in [-0.2, 0) is 10.0 Å². The highest BCUT2D eigenvalue weighted by Gasteiger charge is 2.41. The Labute approximate surface area is 194 Å². The lowest BCUT2D eigenvalue weighted by Crippen LogP contribution is -2.42. The maximum Gasteiger partial charge on any atom is 0.213 e. The van der Waals surface area contributed by atoms with Crippen molar-refractivity contribution < 1.29 is 27.4 Å². The Bertz CT molecular complexity index is 1130. The zero-order valence-corrected chi connectivity index (χ0v) is 19.5. The van der Waals surface area contributed by atoms with Gasteiger partial charge in [0.05, 0.1) is 25.9 Å². The van der Waals surface area contributed by atoms with Gasteiger partial charge in [-0.15, -0.1) is 0 Å². The van der Waals surface area contributed by atoms with Crippen LogP contribution in [0, 0.1) is 5.92 Å². The molecular formula is C24H28N2O6S. The minimum absolute atomic E-state index is 0.0494. The highest BCUT2D eigenvalue weighted by Crippen LogP contribution is 2.44. The van der Waals surface area contributed by atoms with Gasteiger partial charge in [0, 0.05) is 31.8 Å². The van der Waals surface area contributed by atoms with Crippen LogP contribution < -0.4 is 18.9 Å². The Morgan fingerprint density at radius 3 is 2.61 bits per heavy atom. The number of nitrogens with zero attached hydrogens (tertiary/aromatic N) is 1. The number of ether oxygens (including phenoxy) is 3. The predicted molar refractivity (Wildman–Crippen MR) is 124 cm³/mol. The first kappa shape index (κ1) is 23.1. The van der Waals surface area contributed by atoms with Gasteiger partial charge in [-0.05, 0) is 18.2 Å². The number of fused-ring (bicyclic) bond motifs is 1. The molecule has 0 bridgehead atoms. The largest absolute Gasteiger partial charge is 0.496 e. The van der Waals surface area contributed by atoms with Crippen LogP contribution in [0.2, 0.25) is 0 Å². The molecule has 4 rings (SSSR count). The minimum Gasteiger partial charge on any atom is -0.496 e. The topological polar surface area (TPSA) is 94.2 Å². The van der Waals surface area contributed by atoms with Gasteiger partial charge >= 0.3 is 0 Å². The monoisotopic (exact) mass is 472 g/mol. The van der Waals surface area contributed by atoms with Crippen LogP contribution in [0.15, 0.2) is 54.7 Å². The molecule has 176 valence electrons. The summed E-state index contributed by atoms with van der Waals surface area (Å²) in [5.41, 5.74) is 1.07. The first-order chi connectivity index (χ1) is 15.9. The second kappa shape index (κ2) is 9.84. The van der Waals surface area contributed by atoms with Gasteiger partial charge < -0.3 is 19.1 Å². The van der Waals surface area contributed by atoms with Gasteiger partial charge in [-0.3, -0.25) is 4.79 Å². The van der Waals surface area contributed by atoms with E-state index < -0.39 is 22.0 Å². The molecule has 2 heterocycles. The number of Topliss-reactive ketones (excluding diaryl/α,β-unsaturated/α-hetero) is 1. The molecule has 0 saturated carbocycles. The number of carbonyl (C=O) groups is 1. The van der Waals surface area contributed by atoms with Crippen molar-refractivity contribution in [3.05, 3.63) is 65.9 Å². The SMILES string of the molecule is COc1cc(OC)c2c(c1)OC(c1ccccc1)C(CNS(=O)(=O)CCN1C=CCC1)C2=O. The van der Waals surface area contributed by atoms with Crippen molar-refractivity contribution >= 4 is 15.8 Å². The van der Waals surface area contributed by atoms with E-state index in [-0.39, 0.29) is 23.6 Å². The van der Waals surface area contributed by atoms with E-state index in [2.05, 4.69) is 4.72 Å². The fourth-order valence-corrected chi connectivity index (χ4v) is 5.17. The molecule has 2 aromatic rings. The summed E-state index contributed by atoms with van der Waals surface area (Å²) in [4.78, 5) is 15.6. The van der Waals surface area contributed by atoms with Crippen LogP contribution in [0.25, 0.3) is 0 Å². The number of ketones is 1. The first-order valence-corrected chi connectivity index (χ1v) is 12.5. The summed E-state index contributed by atoms with van der Waals surface area (Å²) in [7, 11) is -0.594. The van der Waals surface area contributed by atoms with Crippen LogP contribution >= 0.6 is 0 Å². The zero-order valence-electron chi connectivity index (χ0n) is 18.7. The van der Waals surface area contributed by atoms with Crippen LogP contribution in [0.4, 0.5) is 0 Å². The minimum atomic E-state index is -3.59. The molecule has 0 aromatic heterocycles. The van der Waals surface area contributed by atoms with E-state index in [1.54, 1.807) is 12.1 Å². The summed E-state index contributed by atoms with van der Waals surface area (Å²) in [6, 6.07) is 12.6. The Hall–Kier alpha value is -3.04. The number of hydrogen-bond donors (Lipinski definition) is 1. The van der Waals surface area contributed by atoms with Crippen LogP contribution in [-0.4, -0.2) is 58.7 Å². The molecule has 1 N–H and O–H groups in total. The van der Waals surface area contributed by atoms with Crippen LogP contribution in [0.3, 0.4) is 0 Å². The maximum absolute atomic E-state index is 13.6. The highest BCUT2D eigenvalue weighted by atomic mass is 32.2. The molecule has 9 heteroatoms.